The largest absolute Gasteiger partial charge is 0.324 e. The van der Waals surface area contributed by atoms with Crippen LogP contribution in [0.25, 0.3) is 0 Å². The van der Waals surface area contributed by atoms with Crippen LogP contribution in [0, 0.1) is 25.2 Å². The van der Waals surface area contributed by atoms with Crippen LogP contribution in [-0.4, -0.2) is 27.1 Å². The number of nitrogens with zero attached hydrogens (tertiary/aromatic N) is 2. The Kier molecular flexibility index (Phi) is 5.45. The van der Waals surface area contributed by atoms with Gasteiger partial charge in [-0.25, -0.2) is 8.42 Å². The van der Waals surface area contributed by atoms with E-state index >= 15 is 0 Å². The summed E-state index contributed by atoms with van der Waals surface area (Å²) in [4.78, 5) is 12.3. The van der Waals surface area contributed by atoms with E-state index in [2.05, 4.69) is 5.32 Å². The zero-order valence-corrected chi connectivity index (χ0v) is 15.1. The highest BCUT2D eigenvalue weighted by Crippen LogP contribution is 2.19. The molecular formula is C18H19N3O3S. The van der Waals surface area contributed by atoms with E-state index in [-0.39, 0.29) is 12.2 Å². The molecule has 0 radical (unpaired) electrons. The molecular weight excluding hydrogens is 338 g/mol. The van der Waals surface area contributed by atoms with Gasteiger partial charge in [-0.05, 0) is 55.3 Å². The number of rotatable bonds is 5. The van der Waals surface area contributed by atoms with E-state index < -0.39 is 15.9 Å². The number of amides is 1. The maximum Gasteiger partial charge on any atom is 0.245 e. The minimum Gasteiger partial charge on any atom is -0.324 e. The topological polar surface area (TPSA) is 90.3 Å². The third kappa shape index (κ3) is 5.06. The van der Waals surface area contributed by atoms with Crippen molar-refractivity contribution >= 4 is 27.3 Å². The average molecular weight is 357 g/mol. The summed E-state index contributed by atoms with van der Waals surface area (Å²) >= 11 is 0. The Hall–Kier alpha value is -2.85. The lowest BCUT2D eigenvalue weighted by Gasteiger charge is -2.22. The van der Waals surface area contributed by atoms with Crippen LogP contribution in [0.15, 0.2) is 42.5 Å². The van der Waals surface area contributed by atoms with Crippen molar-refractivity contribution in [1.82, 2.24) is 0 Å². The fourth-order valence-electron chi connectivity index (χ4n) is 2.51. The highest BCUT2D eigenvalue weighted by Gasteiger charge is 2.21. The summed E-state index contributed by atoms with van der Waals surface area (Å²) in [6.07, 6.45) is 1.02. The molecule has 0 atom stereocenters. The molecule has 0 aromatic heterocycles. The van der Waals surface area contributed by atoms with Crippen molar-refractivity contribution in [3.8, 4) is 6.07 Å². The lowest BCUT2D eigenvalue weighted by molar-refractivity contribution is -0.114. The van der Waals surface area contributed by atoms with Crippen LogP contribution >= 0.6 is 0 Å². The van der Waals surface area contributed by atoms with Crippen LogP contribution in [-0.2, 0) is 14.8 Å². The monoisotopic (exact) mass is 357 g/mol. The molecule has 2 aromatic carbocycles. The van der Waals surface area contributed by atoms with Crippen molar-refractivity contribution in [3.05, 3.63) is 59.2 Å². The van der Waals surface area contributed by atoms with Gasteiger partial charge >= 0.3 is 0 Å². The first-order chi connectivity index (χ1) is 11.7. The molecule has 0 saturated carbocycles. The van der Waals surface area contributed by atoms with Gasteiger partial charge in [-0.3, -0.25) is 9.10 Å². The summed E-state index contributed by atoms with van der Waals surface area (Å²) in [5.41, 5.74) is 3.20. The summed E-state index contributed by atoms with van der Waals surface area (Å²) in [6.45, 7) is 3.46. The zero-order valence-electron chi connectivity index (χ0n) is 14.3. The Bertz CT molecular complexity index is 926. The van der Waals surface area contributed by atoms with Crippen LogP contribution in [0.3, 0.4) is 0 Å². The molecule has 0 fully saturated rings. The van der Waals surface area contributed by atoms with Crippen molar-refractivity contribution in [1.29, 1.82) is 5.26 Å². The van der Waals surface area contributed by atoms with Gasteiger partial charge in [-0.1, -0.05) is 12.1 Å². The number of anilines is 2. The molecule has 0 heterocycles. The number of carbonyl (C=O) groups is 1. The second-order valence-corrected chi connectivity index (χ2v) is 7.76. The number of nitriles is 1. The van der Waals surface area contributed by atoms with E-state index in [9.17, 15) is 13.2 Å². The molecule has 0 aliphatic rings. The maximum atomic E-state index is 12.3. The first-order valence-corrected chi connectivity index (χ1v) is 9.40. The van der Waals surface area contributed by atoms with Crippen molar-refractivity contribution in [3.63, 3.8) is 0 Å². The fourth-order valence-corrected chi connectivity index (χ4v) is 3.36. The number of aryl methyl sites for hydroxylation is 2. The number of carbonyl (C=O) groups excluding carboxylic acids is 1. The second-order valence-electron chi connectivity index (χ2n) is 5.86. The molecule has 0 spiro atoms. The van der Waals surface area contributed by atoms with E-state index in [1.807, 2.05) is 38.1 Å². The molecule has 130 valence electrons. The molecule has 25 heavy (non-hydrogen) atoms. The van der Waals surface area contributed by atoms with E-state index in [1.165, 1.54) is 6.07 Å². The van der Waals surface area contributed by atoms with Gasteiger partial charge in [0.1, 0.15) is 6.54 Å². The van der Waals surface area contributed by atoms with Crippen LogP contribution in [0.1, 0.15) is 16.7 Å². The third-order valence-corrected chi connectivity index (χ3v) is 4.60. The maximum absolute atomic E-state index is 12.3. The van der Waals surface area contributed by atoms with Gasteiger partial charge in [0.2, 0.25) is 15.9 Å². The molecule has 0 saturated heterocycles. The first-order valence-electron chi connectivity index (χ1n) is 7.55. The Labute approximate surface area is 147 Å². The number of hydrogen-bond donors (Lipinski definition) is 1. The smallest absolute Gasteiger partial charge is 0.245 e. The highest BCUT2D eigenvalue weighted by atomic mass is 32.2. The van der Waals surface area contributed by atoms with Gasteiger partial charge in [0.15, 0.2) is 0 Å². The van der Waals surface area contributed by atoms with Crippen LogP contribution in [0.4, 0.5) is 11.4 Å². The molecule has 7 heteroatoms. The molecule has 0 aliphatic heterocycles. The number of hydrogen-bond acceptors (Lipinski definition) is 4. The van der Waals surface area contributed by atoms with Crippen LogP contribution in [0.2, 0.25) is 0 Å². The Balaban J connectivity index is 2.25. The molecule has 1 N–H and O–H groups in total. The minimum atomic E-state index is -3.68. The van der Waals surface area contributed by atoms with Gasteiger partial charge in [-0.2, -0.15) is 5.26 Å². The summed E-state index contributed by atoms with van der Waals surface area (Å²) < 4.78 is 25.2. The molecule has 6 nitrogen and oxygen atoms in total. The minimum absolute atomic E-state index is 0.275. The molecule has 2 aromatic rings. The molecule has 2 rings (SSSR count). The normalized spacial score (nSPS) is 10.8. The number of nitrogens with one attached hydrogen (secondary N) is 1. The fraction of sp³-hybridized carbons (Fsp3) is 0.222. The Morgan fingerprint density at radius 3 is 2.36 bits per heavy atom. The summed E-state index contributed by atoms with van der Waals surface area (Å²) in [5, 5.41) is 11.7. The lowest BCUT2D eigenvalue weighted by Crippen LogP contribution is -2.37. The summed E-state index contributed by atoms with van der Waals surface area (Å²) in [7, 11) is -3.68. The first kappa shape index (κ1) is 18.5. The standard InChI is InChI=1S/C18H19N3O3S/c1-13-7-14(2)9-16(8-13)20-18(22)12-21(25(3,23)24)17-6-4-5-15(10-17)11-19/h4-10H,12H2,1-3H3,(H,20,22). The predicted octanol–water partition coefficient (Wildman–Crippen LogP) is 2.58. The van der Waals surface area contributed by atoms with Crippen molar-refractivity contribution in [2.45, 2.75) is 13.8 Å². The van der Waals surface area contributed by atoms with E-state index in [1.54, 1.807) is 18.2 Å². The zero-order chi connectivity index (χ0) is 18.6. The van der Waals surface area contributed by atoms with Gasteiger partial charge in [-0.15, -0.1) is 0 Å². The SMILES string of the molecule is Cc1cc(C)cc(NC(=O)CN(c2cccc(C#N)c2)S(C)(=O)=O)c1. The number of benzene rings is 2. The van der Waals surface area contributed by atoms with E-state index in [4.69, 9.17) is 5.26 Å². The van der Waals surface area contributed by atoms with Gasteiger partial charge in [0.05, 0.1) is 23.6 Å². The quantitative estimate of drug-likeness (QED) is 0.890. The molecule has 0 aliphatic carbocycles. The van der Waals surface area contributed by atoms with Crippen LogP contribution in [0.5, 0.6) is 0 Å². The van der Waals surface area contributed by atoms with Gasteiger partial charge < -0.3 is 5.32 Å². The van der Waals surface area contributed by atoms with Crippen molar-refractivity contribution < 1.29 is 13.2 Å². The van der Waals surface area contributed by atoms with E-state index in [0.717, 1.165) is 21.7 Å². The summed E-state index contributed by atoms with van der Waals surface area (Å²) in [6, 6.07) is 13.7. The predicted molar refractivity (Wildman–Crippen MR) is 97.9 cm³/mol. The van der Waals surface area contributed by atoms with E-state index in [0.29, 0.717) is 11.3 Å². The highest BCUT2D eigenvalue weighted by molar-refractivity contribution is 7.92. The molecule has 1 amide bonds. The van der Waals surface area contributed by atoms with Crippen LogP contribution < -0.4 is 9.62 Å². The van der Waals surface area contributed by atoms with Gasteiger partial charge in [0.25, 0.3) is 0 Å². The second kappa shape index (κ2) is 7.36. The third-order valence-electron chi connectivity index (χ3n) is 3.46. The van der Waals surface area contributed by atoms with Crippen molar-refractivity contribution in [2.24, 2.45) is 0 Å². The van der Waals surface area contributed by atoms with Gasteiger partial charge in [0, 0.05) is 5.69 Å². The number of sulfonamides is 1. The Morgan fingerprint density at radius 2 is 1.80 bits per heavy atom. The Morgan fingerprint density at radius 1 is 1.16 bits per heavy atom. The average Bonchev–Trinajstić information content (AvgIpc) is 2.50. The molecule has 0 bridgehead atoms. The molecule has 0 unspecified atom stereocenters. The lowest BCUT2D eigenvalue weighted by atomic mass is 10.1. The van der Waals surface area contributed by atoms with Crippen molar-refractivity contribution in [2.75, 3.05) is 22.4 Å². The summed E-state index contributed by atoms with van der Waals surface area (Å²) in [5.74, 6) is -0.460.